The molecule has 0 aromatic heterocycles. The van der Waals surface area contributed by atoms with Gasteiger partial charge in [0.2, 0.25) is 0 Å². The van der Waals surface area contributed by atoms with Crippen LogP contribution >= 0.6 is 0 Å². The van der Waals surface area contributed by atoms with Gasteiger partial charge < -0.3 is 5.32 Å². The third kappa shape index (κ3) is 2.57. The Morgan fingerprint density at radius 2 is 2.18 bits per heavy atom. The van der Waals surface area contributed by atoms with Gasteiger partial charge in [-0.3, -0.25) is 10.1 Å². The first-order chi connectivity index (χ1) is 8.06. The molecule has 0 saturated heterocycles. The summed E-state index contributed by atoms with van der Waals surface area (Å²) in [5, 5.41) is 14.2. The summed E-state index contributed by atoms with van der Waals surface area (Å²) >= 11 is 0. The normalized spacial score (nSPS) is 16.6. The Morgan fingerprint density at radius 1 is 1.47 bits per heavy atom. The molecule has 92 valence electrons. The van der Waals surface area contributed by atoms with Crippen molar-refractivity contribution in [2.45, 2.75) is 33.1 Å². The molecule has 2 rings (SSSR count). The molecule has 1 N–H and O–H groups in total. The fraction of sp³-hybridized carbons (Fsp3) is 0.538. The smallest absolute Gasteiger partial charge is 0.292 e. The molecule has 0 unspecified atom stereocenters. The largest absolute Gasteiger partial charge is 0.379 e. The van der Waals surface area contributed by atoms with Gasteiger partial charge >= 0.3 is 0 Å². The van der Waals surface area contributed by atoms with Crippen molar-refractivity contribution in [2.75, 3.05) is 11.9 Å². The lowest BCUT2D eigenvalue weighted by Gasteiger charge is -2.14. The van der Waals surface area contributed by atoms with Gasteiger partial charge in [-0.1, -0.05) is 13.0 Å². The molecule has 1 aromatic carbocycles. The molecule has 0 heterocycles. The minimum absolute atomic E-state index is 0.169. The number of hydrogen-bond acceptors (Lipinski definition) is 3. The highest BCUT2D eigenvalue weighted by molar-refractivity contribution is 5.62. The van der Waals surface area contributed by atoms with Gasteiger partial charge in [0.25, 0.3) is 5.69 Å². The van der Waals surface area contributed by atoms with E-state index in [1.807, 2.05) is 13.0 Å². The quantitative estimate of drug-likeness (QED) is 0.626. The van der Waals surface area contributed by atoms with Crippen LogP contribution in [0.2, 0.25) is 0 Å². The van der Waals surface area contributed by atoms with Crippen molar-refractivity contribution in [3.63, 3.8) is 0 Å². The molecule has 1 fully saturated rings. The number of anilines is 1. The van der Waals surface area contributed by atoms with Crippen molar-refractivity contribution >= 4 is 11.4 Å². The number of benzene rings is 1. The van der Waals surface area contributed by atoms with Crippen LogP contribution in [0.15, 0.2) is 18.2 Å². The highest BCUT2D eigenvalue weighted by Crippen LogP contribution is 2.48. The lowest BCUT2D eigenvalue weighted by molar-refractivity contribution is -0.384. The van der Waals surface area contributed by atoms with Crippen LogP contribution in [-0.2, 0) is 0 Å². The molecular weight excluding hydrogens is 216 g/mol. The summed E-state index contributed by atoms with van der Waals surface area (Å²) < 4.78 is 0. The van der Waals surface area contributed by atoms with Crippen molar-refractivity contribution in [1.29, 1.82) is 0 Å². The lowest BCUT2D eigenvalue weighted by atomic mass is 10.0. The van der Waals surface area contributed by atoms with Gasteiger partial charge in [-0.2, -0.15) is 0 Å². The fourth-order valence-corrected chi connectivity index (χ4v) is 2.07. The van der Waals surface area contributed by atoms with Crippen LogP contribution in [-0.4, -0.2) is 11.5 Å². The maximum Gasteiger partial charge on any atom is 0.292 e. The molecule has 1 saturated carbocycles. The van der Waals surface area contributed by atoms with Crippen molar-refractivity contribution in [2.24, 2.45) is 5.41 Å². The van der Waals surface area contributed by atoms with E-state index < -0.39 is 0 Å². The Kier molecular flexibility index (Phi) is 3.05. The van der Waals surface area contributed by atoms with Crippen LogP contribution in [0.5, 0.6) is 0 Å². The number of aryl methyl sites for hydroxylation is 1. The highest BCUT2D eigenvalue weighted by Gasteiger charge is 2.40. The van der Waals surface area contributed by atoms with E-state index in [1.54, 1.807) is 12.1 Å². The lowest BCUT2D eigenvalue weighted by Crippen LogP contribution is -2.15. The molecule has 1 aliphatic carbocycles. The second-order valence-corrected chi connectivity index (χ2v) is 4.98. The van der Waals surface area contributed by atoms with Gasteiger partial charge in [0.05, 0.1) is 4.92 Å². The van der Waals surface area contributed by atoms with E-state index in [0.29, 0.717) is 11.1 Å². The van der Waals surface area contributed by atoms with Crippen LogP contribution in [0.1, 0.15) is 31.7 Å². The van der Waals surface area contributed by atoms with Gasteiger partial charge in [-0.05, 0) is 43.2 Å². The first-order valence-electron chi connectivity index (χ1n) is 6.05. The number of rotatable bonds is 5. The molecule has 0 aliphatic heterocycles. The van der Waals surface area contributed by atoms with E-state index in [1.165, 1.54) is 12.8 Å². The van der Waals surface area contributed by atoms with Crippen LogP contribution in [0.25, 0.3) is 0 Å². The molecule has 0 bridgehead atoms. The maximum absolute atomic E-state index is 10.9. The van der Waals surface area contributed by atoms with E-state index in [9.17, 15) is 10.1 Å². The highest BCUT2D eigenvalue weighted by atomic mass is 16.6. The van der Waals surface area contributed by atoms with Gasteiger partial charge in [0.15, 0.2) is 0 Å². The molecule has 1 aliphatic rings. The van der Waals surface area contributed by atoms with Gasteiger partial charge in [-0.25, -0.2) is 0 Å². The summed E-state index contributed by atoms with van der Waals surface area (Å²) in [6.45, 7) is 4.97. The summed E-state index contributed by atoms with van der Waals surface area (Å²) in [6, 6.07) is 5.20. The zero-order chi connectivity index (χ0) is 12.5. The summed E-state index contributed by atoms with van der Waals surface area (Å²) in [6.07, 6.45) is 3.60. The summed E-state index contributed by atoms with van der Waals surface area (Å²) in [4.78, 5) is 10.6. The van der Waals surface area contributed by atoms with E-state index >= 15 is 0 Å². The Bertz CT molecular complexity index is 439. The van der Waals surface area contributed by atoms with Crippen LogP contribution in [0, 0.1) is 22.5 Å². The van der Waals surface area contributed by atoms with Gasteiger partial charge in [-0.15, -0.1) is 0 Å². The molecule has 0 amide bonds. The Labute approximate surface area is 101 Å². The Balaban J connectivity index is 2.13. The average Bonchev–Trinajstić information content (AvgIpc) is 3.07. The molecule has 17 heavy (non-hydrogen) atoms. The molecule has 1 aromatic rings. The van der Waals surface area contributed by atoms with E-state index in [2.05, 4.69) is 12.2 Å². The molecule has 0 radical (unpaired) electrons. The molecular formula is C13H18N2O2. The fourth-order valence-electron chi connectivity index (χ4n) is 2.07. The third-order valence-electron chi connectivity index (χ3n) is 3.71. The predicted molar refractivity (Wildman–Crippen MR) is 68.3 cm³/mol. The monoisotopic (exact) mass is 234 g/mol. The van der Waals surface area contributed by atoms with Gasteiger partial charge in [0.1, 0.15) is 5.69 Å². The predicted octanol–water partition coefficient (Wildman–Crippen LogP) is 3.51. The topological polar surface area (TPSA) is 55.2 Å². The molecule has 4 nitrogen and oxygen atoms in total. The second kappa shape index (κ2) is 4.35. The summed E-state index contributed by atoms with van der Waals surface area (Å²) in [5.41, 5.74) is 2.24. The van der Waals surface area contributed by atoms with E-state index in [4.69, 9.17) is 0 Å². The zero-order valence-corrected chi connectivity index (χ0v) is 10.3. The Hall–Kier alpha value is -1.58. The van der Waals surface area contributed by atoms with Crippen LogP contribution < -0.4 is 5.32 Å². The molecule has 0 atom stereocenters. The van der Waals surface area contributed by atoms with Crippen molar-refractivity contribution in [3.8, 4) is 0 Å². The van der Waals surface area contributed by atoms with Crippen LogP contribution in [0.4, 0.5) is 11.4 Å². The SMILES string of the molecule is CCC1(CNc2cc(C)ccc2[N+](=O)[O-])CC1. The number of nitrogens with zero attached hydrogens (tertiary/aromatic N) is 1. The van der Waals surface area contributed by atoms with E-state index in [0.717, 1.165) is 18.5 Å². The molecule has 0 spiro atoms. The third-order valence-corrected chi connectivity index (χ3v) is 3.71. The first-order valence-corrected chi connectivity index (χ1v) is 6.05. The number of nitro benzene ring substituents is 1. The van der Waals surface area contributed by atoms with Crippen LogP contribution in [0.3, 0.4) is 0 Å². The molecule has 4 heteroatoms. The number of hydrogen-bond donors (Lipinski definition) is 1. The summed E-state index contributed by atoms with van der Waals surface area (Å²) in [5.74, 6) is 0. The average molecular weight is 234 g/mol. The first kappa shape index (κ1) is 11.9. The number of nitrogens with one attached hydrogen (secondary N) is 1. The minimum atomic E-state index is -0.326. The number of nitro groups is 1. The van der Waals surface area contributed by atoms with Gasteiger partial charge in [0, 0.05) is 12.6 Å². The zero-order valence-electron chi connectivity index (χ0n) is 10.3. The van der Waals surface area contributed by atoms with Crippen molar-refractivity contribution in [3.05, 3.63) is 33.9 Å². The van der Waals surface area contributed by atoms with Crippen molar-refractivity contribution < 1.29 is 4.92 Å². The minimum Gasteiger partial charge on any atom is -0.379 e. The second-order valence-electron chi connectivity index (χ2n) is 4.98. The standard InChI is InChI=1S/C13H18N2O2/c1-3-13(6-7-13)9-14-11-8-10(2)4-5-12(11)15(16)17/h4-5,8,14H,3,6-7,9H2,1-2H3. The van der Waals surface area contributed by atoms with Crippen molar-refractivity contribution in [1.82, 2.24) is 0 Å². The Morgan fingerprint density at radius 3 is 2.71 bits per heavy atom. The van der Waals surface area contributed by atoms with E-state index in [-0.39, 0.29) is 10.6 Å². The summed E-state index contributed by atoms with van der Waals surface area (Å²) in [7, 11) is 0. The maximum atomic E-state index is 10.9.